The molecule has 0 atom stereocenters. The van der Waals surface area contributed by atoms with Crippen LogP contribution in [-0.4, -0.2) is 24.7 Å². The number of benzene rings is 1. The van der Waals surface area contributed by atoms with Crippen LogP contribution in [0.3, 0.4) is 0 Å². The van der Waals surface area contributed by atoms with Crippen LogP contribution in [0.5, 0.6) is 0 Å². The molecule has 0 radical (unpaired) electrons. The van der Waals surface area contributed by atoms with E-state index in [-0.39, 0.29) is 36.3 Å². The second-order valence-electron chi connectivity index (χ2n) is 7.39. The SMILES string of the molecule is CC(C)Cn1c(=O)c2sccc2n2c(=O)n(CC(=O)NCc3ccccc3Cl)nc12. The molecule has 156 valence electrons. The normalized spacial score (nSPS) is 11.6. The van der Waals surface area contributed by atoms with Gasteiger partial charge in [-0.15, -0.1) is 16.4 Å². The van der Waals surface area contributed by atoms with Crippen molar-refractivity contribution in [2.24, 2.45) is 5.92 Å². The first-order chi connectivity index (χ1) is 14.4. The van der Waals surface area contributed by atoms with E-state index in [9.17, 15) is 14.4 Å². The molecule has 30 heavy (non-hydrogen) atoms. The second-order valence-corrected chi connectivity index (χ2v) is 8.71. The Kier molecular flexibility index (Phi) is 5.48. The van der Waals surface area contributed by atoms with Crippen molar-refractivity contribution in [3.63, 3.8) is 0 Å². The number of fused-ring (bicyclic) bond motifs is 3. The summed E-state index contributed by atoms with van der Waals surface area (Å²) in [4.78, 5) is 38.3. The van der Waals surface area contributed by atoms with E-state index >= 15 is 0 Å². The number of amides is 1. The lowest BCUT2D eigenvalue weighted by atomic mass is 10.2. The van der Waals surface area contributed by atoms with E-state index < -0.39 is 5.69 Å². The van der Waals surface area contributed by atoms with Crippen LogP contribution in [0, 0.1) is 5.92 Å². The number of hydrogen-bond donors (Lipinski definition) is 1. The quantitative estimate of drug-likeness (QED) is 0.493. The summed E-state index contributed by atoms with van der Waals surface area (Å²) in [6.07, 6.45) is 0. The Hall–Kier alpha value is -2.91. The summed E-state index contributed by atoms with van der Waals surface area (Å²) in [7, 11) is 0. The van der Waals surface area contributed by atoms with Crippen molar-refractivity contribution in [2.45, 2.75) is 33.5 Å². The van der Waals surface area contributed by atoms with Gasteiger partial charge >= 0.3 is 5.69 Å². The molecule has 0 unspecified atom stereocenters. The maximum absolute atomic E-state index is 13.0. The van der Waals surface area contributed by atoms with Gasteiger partial charge in [-0.1, -0.05) is 43.6 Å². The largest absolute Gasteiger partial charge is 0.352 e. The standard InChI is InChI=1S/C20H20ClN5O3S/c1-12(2)10-24-18(28)17-15(7-8-30-17)26-19(24)23-25(20(26)29)11-16(27)22-9-13-5-3-4-6-14(13)21/h3-8,12H,9-11H2,1-2H3,(H,22,27). The number of carbonyl (C=O) groups is 1. The van der Waals surface area contributed by atoms with Gasteiger partial charge in [-0.2, -0.15) is 0 Å². The summed E-state index contributed by atoms with van der Waals surface area (Å²) >= 11 is 7.40. The molecule has 0 spiro atoms. The van der Waals surface area contributed by atoms with Crippen LogP contribution in [-0.2, 0) is 24.4 Å². The molecule has 3 aromatic heterocycles. The van der Waals surface area contributed by atoms with Crippen molar-refractivity contribution in [1.29, 1.82) is 0 Å². The lowest BCUT2D eigenvalue weighted by molar-refractivity contribution is -0.122. The number of nitrogens with one attached hydrogen (secondary N) is 1. The zero-order valence-electron chi connectivity index (χ0n) is 16.5. The Morgan fingerprint density at radius 1 is 1.23 bits per heavy atom. The summed E-state index contributed by atoms with van der Waals surface area (Å²) in [6.45, 7) is 4.38. The highest BCUT2D eigenvalue weighted by atomic mass is 35.5. The molecule has 10 heteroatoms. The average Bonchev–Trinajstić information content (AvgIpc) is 3.30. The van der Waals surface area contributed by atoms with Gasteiger partial charge in [0, 0.05) is 18.1 Å². The van der Waals surface area contributed by atoms with E-state index in [4.69, 9.17) is 11.6 Å². The molecule has 0 aliphatic rings. The van der Waals surface area contributed by atoms with E-state index in [0.29, 0.717) is 21.8 Å². The minimum atomic E-state index is -0.459. The van der Waals surface area contributed by atoms with Gasteiger partial charge in [0.05, 0.1) is 5.52 Å². The molecule has 3 heterocycles. The minimum absolute atomic E-state index is 0.179. The van der Waals surface area contributed by atoms with Crippen molar-refractivity contribution in [3.05, 3.63) is 67.1 Å². The number of thiophene rings is 1. The molecule has 8 nitrogen and oxygen atoms in total. The van der Waals surface area contributed by atoms with Crippen LogP contribution in [0.4, 0.5) is 0 Å². The zero-order chi connectivity index (χ0) is 21.4. The lowest BCUT2D eigenvalue weighted by Crippen LogP contribution is -2.32. The Bertz CT molecular complexity index is 1360. The Morgan fingerprint density at radius 3 is 2.73 bits per heavy atom. The molecule has 0 aliphatic carbocycles. The zero-order valence-corrected chi connectivity index (χ0v) is 18.0. The molecule has 4 rings (SSSR count). The topological polar surface area (TPSA) is 90.4 Å². The van der Waals surface area contributed by atoms with Gasteiger partial charge in [0.15, 0.2) is 0 Å². The Morgan fingerprint density at radius 2 is 2.00 bits per heavy atom. The van der Waals surface area contributed by atoms with Crippen LogP contribution in [0.2, 0.25) is 5.02 Å². The van der Waals surface area contributed by atoms with Crippen molar-refractivity contribution < 1.29 is 4.79 Å². The summed E-state index contributed by atoms with van der Waals surface area (Å²) in [5.41, 5.74) is 0.647. The van der Waals surface area contributed by atoms with Crippen molar-refractivity contribution in [2.75, 3.05) is 0 Å². The summed E-state index contributed by atoms with van der Waals surface area (Å²) in [5, 5.41) is 9.39. The maximum atomic E-state index is 13.0. The van der Waals surface area contributed by atoms with Gasteiger partial charge in [0.1, 0.15) is 11.2 Å². The van der Waals surface area contributed by atoms with Crippen molar-refractivity contribution in [3.8, 4) is 0 Å². The van der Waals surface area contributed by atoms with E-state index in [0.717, 1.165) is 10.2 Å². The molecule has 1 N–H and O–H groups in total. The fourth-order valence-corrected chi connectivity index (χ4v) is 4.32. The number of hydrogen-bond acceptors (Lipinski definition) is 5. The third-order valence-corrected chi connectivity index (χ3v) is 5.92. The monoisotopic (exact) mass is 445 g/mol. The van der Waals surface area contributed by atoms with Gasteiger partial charge in [-0.25, -0.2) is 13.9 Å². The van der Waals surface area contributed by atoms with Crippen LogP contribution in [0.1, 0.15) is 19.4 Å². The molecule has 1 aromatic carbocycles. The van der Waals surface area contributed by atoms with Crippen LogP contribution < -0.4 is 16.6 Å². The maximum Gasteiger partial charge on any atom is 0.352 e. The predicted octanol–water partition coefficient (Wildman–Crippen LogP) is 2.50. The summed E-state index contributed by atoms with van der Waals surface area (Å²) in [6, 6.07) is 8.93. The highest BCUT2D eigenvalue weighted by Gasteiger charge is 2.19. The van der Waals surface area contributed by atoms with Crippen molar-refractivity contribution in [1.82, 2.24) is 24.1 Å². The predicted molar refractivity (Wildman–Crippen MR) is 117 cm³/mol. The number of nitrogens with zero attached hydrogens (tertiary/aromatic N) is 4. The lowest BCUT2D eigenvalue weighted by Gasteiger charge is -2.09. The number of carbonyl (C=O) groups excluding carboxylic acids is 1. The third-order valence-electron chi connectivity index (χ3n) is 4.66. The van der Waals surface area contributed by atoms with Crippen LogP contribution >= 0.6 is 22.9 Å². The number of halogens is 1. The number of aromatic nitrogens is 4. The molecule has 1 amide bonds. The fourth-order valence-electron chi connectivity index (χ4n) is 3.29. The average molecular weight is 446 g/mol. The third kappa shape index (κ3) is 3.66. The van der Waals surface area contributed by atoms with Crippen LogP contribution in [0.25, 0.3) is 16.0 Å². The van der Waals surface area contributed by atoms with Gasteiger partial charge in [0.25, 0.3) is 5.56 Å². The molecule has 0 bridgehead atoms. The van der Waals surface area contributed by atoms with Gasteiger partial charge in [-0.3, -0.25) is 14.2 Å². The summed E-state index contributed by atoms with van der Waals surface area (Å²) in [5.74, 6) is 0.0475. The van der Waals surface area contributed by atoms with Gasteiger partial charge < -0.3 is 5.32 Å². The van der Waals surface area contributed by atoms with Crippen molar-refractivity contribution >= 4 is 44.8 Å². The minimum Gasteiger partial charge on any atom is -0.350 e. The van der Waals surface area contributed by atoms with E-state index in [1.807, 2.05) is 32.0 Å². The molecule has 4 aromatic rings. The Labute approximate surface area is 180 Å². The molecular weight excluding hydrogens is 426 g/mol. The van der Waals surface area contributed by atoms with E-state index in [1.165, 1.54) is 20.3 Å². The molecule has 0 saturated heterocycles. The smallest absolute Gasteiger partial charge is 0.350 e. The fraction of sp³-hybridized carbons (Fsp3) is 0.300. The van der Waals surface area contributed by atoms with E-state index in [2.05, 4.69) is 10.4 Å². The van der Waals surface area contributed by atoms with Crippen LogP contribution in [0.15, 0.2) is 45.3 Å². The van der Waals surface area contributed by atoms with E-state index in [1.54, 1.807) is 17.5 Å². The summed E-state index contributed by atoms with van der Waals surface area (Å²) < 4.78 is 4.48. The van der Waals surface area contributed by atoms with Gasteiger partial charge in [-0.05, 0) is 29.0 Å². The molecule has 0 saturated carbocycles. The first-order valence-electron chi connectivity index (χ1n) is 9.46. The highest BCUT2D eigenvalue weighted by molar-refractivity contribution is 7.17. The first kappa shape index (κ1) is 20.4. The highest BCUT2D eigenvalue weighted by Crippen LogP contribution is 2.18. The Balaban J connectivity index is 1.69. The molecule has 0 fully saturated rings. The number of rotatable bonds is 6. The molecule has 0 aliphatic heterocycles. The first-order valence-corrected chi connectivity index (χ1v) is 10.7. The van der Waals surface area contributed by atoms with Gasteiger partial charge in [0.2, 0.25) is 11.7 Å². The second kappa shape index (κ2) is 8.08. The molecular formula is C20H20ClN5O3S.